The van der Waals surface area contributed by atoms with Gasteiger partial charge in [-0.1, -0.05) is 23.7 Å². The van der Waals surface area contributed by atoms with Gasteiger partial charge in [0.2, 0.25) is 0 Å². The van der Waals surface area contributed by atoms with E-state index in [-0.39, 0.29) is 22.4 Å². The number of carbonyl (C=O) groups is 1. The molecule has 4 rings (SSSR count). The predicted octanol–water partition coefficient (Wildman–Crippen LogP) is 7.26. The Hall–Kier alpha value is -3.46. The zero-order chi connectivity index (χ0) is 24.1. The van der Waals surface area contributed by atoms with Gasteiger partial charge in [-0.3, -0.25) is 9.20 Å². The molecule has 0 aliphatic heterocycles. The topological polar surface area (TPSA) is 33.5 Å². The molecule has 0 saturated heterocycles. The van der Waals surface area contributed by atoms with Gasteiger partial charge < -0.3 is 5.32 Å². The Morgan fingerprint density at radius 3 is 2.18 bits per heavy atom. The number of carbonyl (C=O) groups excluding carboxylic acids is 1. The van der Waals surface area contributed by atoms with Gasteiger partial charge in [-0.05, 0) is 54.4 Å². The monoisotopic (exact) mass is 482 g/mol. The molecule has 0 spiro atoms. The summed E-state index contributed by atoms with van der Waals surface area (Å²) < 4.78 is 81.0. The number of hydrogen-bond acceptors (Lipinski definition) is 1. The second kappa shape index (κ2) is 8.15. The molecule has 0 aliphatic rings. The van der Waals surface area contributed by atoms with Crippen LogP contribution in [0.15, 0.2) is 54.6 Å². The zero-order valence-electron chi connectivity index (χ0n) is 16.7. The average Bonchev–Trinajstić information content (AvgIpc) is 3.07. The number of pyridine rings is 1. The van der Waals surface area contributed by atoms with E-state index in [1.807, 2.05) is 0 Å². The lowest BCUT2D eigenvalue weighted by molar-refractivity contribution is -0.137. The summed E-state index contributed by atoms with van der Waals surface area (Å²) in [7, 11) is 0. The van der Waals surface area contributed by atoms with E-state index in [9.17, 15) is 31.1 Å². The highest BCUT2D eigenvalue weighted by Gasteiger charge is 2.32. The van der Waals surface area contributed by atoms with Gasteiger partial charge in [0, 0.05) is 17.3 Å². The number of nitrogens with one attached hydrogen (secondary N) is 1. The summed E-state index contributed by atoms with van der Waals surface area (Å²) in [6.45, 7) is 1.72. The van der Waals surface area contributed by atoms with Crippen molar-refractivity contribution in [1.82, 2.24) is 4.40 Å². The third kappa shape index (κ3) is 4.28. The molecule has 0 saturated carbocycles. The molecular weight excluding hydrogens is 470 g/mol. The minimum Gasteiger partial charge on any atom is -0.322 e. The van der Waals surface area contributed by atoms with Crippen molar-refractivity contribution in [3.63, 3.8) is 0 Å². The third-order valence-electron chi connectivity index (χ3n) is 5.01. The summed E-state index contributed by atoms with van der Waals surface area (Å²) in [6.07, 6.45) is -4.55. The van der Waals surface area contributed by atoms with Gasteiger partial charge in [0.05, 0.1) is 16.8 Å². The fourth-order valence-electron chi connectivity index (χ4n) is 3.52. The fourth-order valence-corrected chi connectivity index (χ4v) is 3.82. The van der Waals surface area contributed by atoms with Gasteiger partial charge in [0.1, 0.15) is 11.0 Å². The molecule has 1 amide bonds. The van der Waals surface area contributed by atoms with Gasteiger partial charge in [-0.2, -0.15) is 13.2 Å². The minimum absolute atomic E-state index is 0.130. The highest BCUT2D eigenvalue weighted by molar-refractivity contribution is 6.30. The van der Waals surface area contributed by atoms with Crippen LogP contribution in [0.4, 0.5) is 32.0 Å². The van der Waals surface area contributed by atoms with Gasteiger partial charge in [0.25, 0.3) is 5.91 Å². The van der Waals surface area contributed by atoms with Gasteiger partial charge in [0.15, 0.2) is 11.6 Å². The second-order valence-electron chi connectivity index (χ2n) is 7.28. The smallest absolute Gasteiger partial charge is 0.322 e. The van der Waals surface area contributed by atoms with Crippen LogP contribution in [0.1, 0.15) is 21.5 Å². The molecule has 0 unspecified atom stereocenters. The number of hydrogen-bond donors (Lipinski definition) is 1. The highest BCUT2D eigenvalue weighted by Crippen LogP contribution is 2.36. The van der Waals surface area contributed by atoms with Crippen molar-refractivity contribution in [2.75, 3.05) is 5.32 Å². The first-order valence-corrected chi connectivity index (χ1v) is 9.78. The van der Waals surface area contributed by atoms with Crippen molar-refractivity contribution in [2.45, 2.75) is 13.1 Å². The molecule has 170 valence electrons. The van der Waals surface area contributed by atoms with Crippen molar-refractivity contribution in [3.05, 3.63) is 93.9 Å². The standard InChI is InChI=1S/C23H13ClF6N2O/c1-11-6-15-7-13(23(28,29)30)8-20(24)32(15)21(11)12-2-4-14(5-3-12)31-22(33)16-9-18(26)19(27)10-17(16)25/h2-10H,1H3,(H,31,33). The second-order valence-corrected chi connectivity index (χ2v) is 7.67. The van der Waals surface area contributed by atoms with Crippen LogP contribution in [-0.4, -0.2) is 10.3 Å². The van der Waals surface area contributed by atoms with Crippen LogP contribution in [0, 0.1) is 24.4 Å². The average molecular weight is 483 g/mol. The maximum Gasteiger partial charge on any atom is 0.416 e. The largest absolute Gasteiger partial charge is 0.416 e. The summed E-state index contributed by atoms with van der Waals surface area (Å²) in [5.74, 6) is -4.97. The Morgan fingerprint density at radius 1 is 0.909 bits per heavy atom. The zero-order valence-corrected chi connectivity index (χ0v) is 17.5. The molecule has 2 aromatic heterocycles. The van der Waals surface area contributed by atoms with E-state index in [0.717, 1.165) is 12.1 Å². The van der Waals surface area contributed by atoms with Gasteiger partial charge >= 0.3 is 6.18 Å². The molecule has 0 aliphatic carbocycles. The number of aromatic nitrogens is 1. The molecule has 4 aromatic rings. The summed E-state index contributed by atoms with van der Waals surface area (Å²) in [4.78, 5) is 12.2. The Labute approximate surface area is 188 Å². The number of fused-ring (bicyclic) bond motifs is 1. The molecular formula is C23H13ClF6N2O. The fraction of sp³-hybridized carbons (Fsp3) is 0.0870. The Balaban J connectivity index is 1.66. The van der Waals surface area contributed by atoms with Crippen molar-refractivity contribution in [3.8, 4) is 11.3 Å². The van der Waals surface area contributed by atoms with E-state index >= 15 is 0 Å². The van der Waals surface area contributed by atoms with E-state index in [1.54, 1.807) is 25.1 Å². The summed E-state index contributed by atoms with van der Waals surface area (Å²) in [5, 5.41) is 2.25. The molecule has 2 aromatic carbocycles. The maximum absolute atomic E-state index is 13.8. The number of aryl methyl sites for hydroxylation is 1. The van der Waals surface area contributed by atoms with Crippen molar-refractivity contribution < 1.29 is 31.1 Å². The normalized spacial score (nSPS) is 11.8. The van der Waals surface area contributed by atoms with E-state index in [0.29, 0.717) is 22.9 Å². The number of amides is 1. The highest BCUT2D eigenvalue weighted by atomic mass is 35.5. The quantitative estimate of drug-likeness (QED) is 0.186. The Bertz CT molecular complexity index is 1390. The van der Waals surface area contributed by atoms with Crippen molar-refractivity contribution >= 4 is 28.7 Å². The summed E-state index contributed by atoms with van der Waals surface area (Å²) >= 11 is 6.16. The van der Waals surface area contributed by atoms with E-state index < -0.39 is 40.7 Å². The van der Waals surface area contributed by atoms with Crippen molar-refractivity contribution in [1.29, 1.82) is 0 Å². The lowest BCUT2D eigenvalue weighted by atomic mass is 10.1. The van der Waals surface area contributed by atoms with Crippen LogP contribution in [0.2, 0.25) is 5.15 Å². The maximum atomic E-state index is 13.8. The number of benzene rings is 2. The van der Waals surface area contributed by atoms with Crippen LogP contribution in [-0.2, 0) is 6.18 Å². The lowest BCUT2D eigenvalue weighted by Gasteiger charge is -2.12. The number of alkyl halides is 3. The molecule has 2 heterocycles. The van der Waals surface area contributed by atoms with Crippen molar-refractivity contribution in [2.24, 2.45) is 0 Å². The van der Waals surface area contributed by atoms with Crippen LogP contribution >= 0.6 is 11.6 Å². The molecule has 0 fully saturated rings. The third-order valence-corrected chi connectivity index (χ3v) is 5.29. The molecule has 10 heteroatoms. The molecule has 0 bridgehead atoms. The van der Waals surface area contributed by atoms with Crippen LogP contribution in [0.3, 0.4) is 0 Å². The molecule has 0 radical (unpaired) electrons. The minimum atomic E-state index is -4.55. The molecule has 3 nitrogen and oxygen atoms in total. The number of halogens is 7. The first-order chi connectivity index (χ1) is 15.5. The Morgan fingerprint density at radius 2 is 1.55 bits per heavy atom. The van der Waals surface area contributed by atoms with E-state index in [1.165, 1.54) is 16.5 Å². The van der Waals surface area contributed by atoms with Crippen LogP contribution in [0.25, 0.3) is 16.8 Å². The molecule has 33 heavy (non-hydrogen) atoms. The SMILES string of the molecule is Cc1cc2cc(C(F)(F)F)cc(Cl)n2c1-c1ccc(NC(=O)c2cc(F)c(F)cc2F)cc1. The van der Waals surface area contributed by atoms with Gasteiger partial charge in [-0.15, -0.1) is 0 Å². The first kappa shape index (κ1) is 22.7. The van der Waals surface area contributed by atoms with Gasteiger partial charge in [-0.25, -0.2) is 13.2 Å². The molecule has 0 atom stereocenters. The summed E-state index contributed by atoms with van der Waals surface area (Å²) in [5.41, 5.74) is 0.756. The number of anilines is 1. The number of nitrogens with zero attached hydrogens (tertiary/aromatic N) is 1. The lowest BCUT2D eigenvalue weighted by Crippen LogP contribution is -2.14. The first-order valence-electron chi connectivity index (χ1n) is 9.41. The van der Waals surface area contributed by atoms with E-state index in [4.69, 9.17) is 11.6 Å². The predicted molar refractivity (Wildman–Crippen MR) is 112 cm³/mol. The van der Waals surface area contributed by atoms with Crippen LogP contribution < -0.4 is 5.32 Å². The Kier molecular flexibility index (Phi) is 5.61. The van der Waals surface area contributed by atoms with Crippen LogP contribution in [0.5, 0.6) is 0 Å². The summed E-state index contributed by atoms with van der Waals surface area (Å²) in [6, 6.07) is 10.3. The number of rotatable bonds is 3. The molecule has 1 N–H and O–H groups in total. The van der Waals surface area contributed by atoms with E-state index in [2.05, 4.69) is 5.32 Å².